The summed E-state index contributed by atoms with van der Waals surface area (Å²) in [4.78, 5) is 0. The zero-order valence-electron chi connectivity index (χ0n) is 7.40. The highest BCUT2D eigenvalue weighted by Gasteiger charge is 2.38. The average molecular weight is 158 g/mol. The van der Waals surface area contributed by atoms with Crippen molar-refractivity contribution in [2.45, 2.75) is 12.8 Å². The second-order valence-corrected chi connectivity index (χ2v) is 3.78. The van der Waals surface area contributed by atoms with Gasteiger partial charge in [-0.3, -0.25) is 0 Å². The van der Waals surface area contributed by atoms with Crippen LogP contribution in [0.3, 0.4) is 0 Å². The minimum atomic E-state index is 0.454. The maximum Gasteiger partial charge on any atom is 0.00834 e. The lowest BCUT2D eigenvalue weighted by Crippen LogP contribution is -2.30. The Labute approximate surface area is 74.0 Å². The molecule has 0 saturated heterocycles. The van der Waals surface area contributed by atoms with Gasteiger partial charge in [0.1, 0.15) is 0 Å². The Bertz CT molecular complexity index is 244. The van der Waals surface area contributed by atoms with Crippen molar-refractivity contribution in [3.05, 3.63) is 48.6 Å². The van der Waals surface area contributed by atoms with Gasteiger partial charge in [0.15, 0.2) is 0 Å². The van der Waals surface area contributed by atoms with Crippen LogP contribution >= 0.6 is 0 Å². The first-order valence-electron chi connectivity index (χ1n) is 4.39. The van der Waals surface area contributed by atoms with Crippen molar-refractivity contribution in [1.29, 1.82) is 0 Å². The predicted molar refractivity (Wildman–Crippen MR) is 52.8 cm³/mol. The lowest BCUT2D eigenvalue weighted by Gasteiger charge is -2.43. The van der Waals surface area contributed by atoms with Gasteiger partial charge in [-0.25, -0.2) is 0 Å². The summed E-state index contributed by atoms with van der Waals surface area (Å²) in [7, 11) is 0. The number of rotatable bonds is 0. The largest absolute Gasteiger partial charge is 0.0949 e. The van der Waals surface area contributed by atoms with Gasteiger partial charge in [0.05, 0.1) is 0 Å². The highest BCUT2D eigenvalue weighted by molar-refractivity contribution is 5.54. The van der Waals surface area contributed by atoms with Crippen LogP contribution in [0, 0.1) is 11.8 Å². The standard InChI is InChI=1S/C12H14/c1-7-8(2)12-6-5-11(7)9(3)10(12)4/h11-12H,1-6H2. The molecule has 0 aromatic heterocycles. The van der Waals surface area contributed by atoms with E-state index in [0.29, 0.717) is 11.8 Å². The Kier molecular flexibility index (Phi) is 1.41. The molecule has 0 amide bonds. The van der Waals surface area contributed by atoms with Crippen molar-refractivity contribution >= 4 is 0 Å². The Morgan fingerprint density at radius 3 is 1.17 bits per heavy atom. The van der Waals surface area contributed by atoms with Gasteiger partial charge in [-0.05, 0) is 35.1 Å². The topological polar surface area (TPSA) is 0 Å². The van der Waals surface area contributed by atoms with Crippen LogP contribution in [0.25, 0.3) is 0 Å². The monoisotopic (exact) mass is 158 g/mol. The maximum atomic E-state index is 4.06. The number of hydrogen-bond donors (Lipinski definition) is 0. The molecule has 62 valence electrons. The third-order valence-corrected chi connectivity index (χ3v) is 3.25. The molecule has 0 unspecified atom stereocenters. The van der Waals surface area contributed by atoms with E-state index in [1.54, 1.807) is 0 Å². The molecule has 3 rings (SSSR count). The lowest BCUT2D eigenvalue weighted by molar-refractivity contribution is 0.443. The Morgan fingerprint density at radius 1 is 0.667 bits per heavy atom. The summed E-state index contributed by atoms with van der Waals surface area (Å²) in [6.07, 6.45) is 2.39. The molecule has 0 atom stereocenters. The molecule has 3 fully saturated rings. The molecular weight excluding hydrogens is 144 g/mol. The van der Waals surface area contributed by atoms with Crippen molar-refractivity contribution in [3.63, 3.8) is 0 Å². The Balaban J connectivity index is 2.48. The Hall–Kier alpha value is -1.04. The van der Waals surface area contributed by atoms with E-state index < -0.39 is 0 Å². The maximum absolute atomic E-state index is 4.06. The van der Waals surface area contributed by atoms with Gasteiger partial charge < -0.3 is 0 Å². The summed E-state index contributed by atoms with van der Waals surface area (Å²) in [5.41, 5.74) is 4.79. The molecule has 0 aromatic rings. The molecule has 0 spiro atoms. The second-order valence-electron chi connectivity index (χ2n) is 3.78. The average Bonchev–Trinajstić information content (AvgIpc) is 2.05. The number of hydrogen-bond acceptors (Lipinski definition) is 0. The molecule has 0 heteroatoms. The molecule has 3 saturated carbocycles. The zero-order chi connectivity index (χ0) is 8.88. The van der Waals surface area contributed by atoms with Crippen molar-refractivity contribution < 1.29 is 0 Å². The third kappa shape index (κ3) is 0.726. The zero-order valence-corrected chi connectivity index (χ0v) is 7.40. The summed E-state index contributed by atoms with van der Waals surface area (Å²) in [5.74, 6) is 0.907. The number of fused-ring (bicyclic) bond motifs is 3. The van der Waals surface area contributed by atoms with Crippen molar-refractivity contribution in [3.8, 4) is 0 Å². The van der Waals surface area contributed by atoms with Crippen LogP contribution in [-0.2, 0) is 0 Å². The lowest BCUT2D eigenvalue weighted by atomic mass is 9.61. The second kappa shape index (κ2) is 2.22. The smallest absolute Gasteiger partial charge is 0.00834 e. The summed E-state index contributed by atoms with van der Waals surface area (Å²) in [5, 5.41) is 0. The van der Waals surface area contributed by atoms with Crippen LogP contribution in [0.15, 0.2) is 48.6 Å². The van der Waals surface area contributed by atoms with E-state index in [0.717, 1.165) is 0 Å². The molecule has 0 radical (unpaired) electrons. The van der Waals surface area contributed by atoms with Crippen molar-refractivity contribution in [2.24, 2.45) is 11.8 Å². The van der Waals surface area contributed by atoms with Crippen LogP contribution in [-0.4, -0.2) is 0 Å². The summed E-state index contributed by atoms with van der Waals surface area (Å²) < 4.78 is 0. The fourth-order valence-corrected chi connectivity index (χ4v) is 2.35. The quantitative estimate of drug-likeness (QED) is 0.507. The molecule has 3 aliphatic carbocycles. The van der Waals surface area contributed by atoms with E-state index in [2.05, 4.69) is 26.3 Å². The summed E-state index contributed by atoms with van der Waals surface area (Å²) in [6, 6.07) is 0. The molecule has 12 heavy (non-hydrogen) atoms. The SMILES string of the molecule is C=C1C(=C)C2CCC1C(=C)C2=C. The molecule has 0 heterocycles. The molecule has 0 aliphatic heterocycles. The first-order valence-corrected chi connectivity index (χ1v) is 4.39. The Morgan fingerprint density at radius 2 is 0.917 bits per heavy atom. The van der Waals surface area contributed by atoms with E-state index in [-0.39, 0.29) is 0 Å². The van der Waals surface area contributed by atoms with Gasteiger partial charge in [0.2, 0.25) is 0 Å². The van der Waals surface area contributed by atoms with E-state index >= 15 is 0 Å². The highest BCUT2D eigenvalue weighted by Crippen LogP contribution is 2.51. The summed E-state index contributed by atoms with van der Waals surface area (Å²) >= 11 is 0. The van der Waals surface area contributed by atoms with Crippen LogP contribution in [0.2, 0.25) is 0 Å². The van der Waals surface area contributed by atoms with E-state index in [4.69, 9.17) is 0 Å². The normalized spacial score (nSPS) is 34.7. The fraction of sp³-hybridized carbons (Fsp3) is 0.333. The van der Waals surface area contributed by atoms with E-state index in [1.807, 2.05) is 0 Å². The first-order chi connectivity index (χ1) is 5.63. The highest BCUT2D eigenvalue weighted by atomic mass is 14.4. The van der Waals surface area contributed by atoms with Crippen LogP contribution < -0.4 is 0 Å². The van der Waals surface area contributed by atoms with E-state index in [1.165, 1.54) is 35.1 Å². The van der Waals surface area contributed by atoms with Gasteiger partial charge in [0.25, 0.3) is 0 Å². The van der Waals surface area contributed by atoms with E-state index in [9.17, 15) is 0 Å². The number of allylic oxidation sites excluding steroid dienone is 4. The molecular formula is C12H14. The minimum Gasteiger partial charge on any atom is -0.0949 e. The fourth-order valence-electron chi connectivity index (χ4n) is 2.35. The van der Waals surface area contributed by atoms with Gasteiger partial charge >= 0.3 is 0 Å². The van der Waals surface area contributed by atoms with Crippen molar-refractivity contribution in [2.75, 3.05) is 0 Å². The molecule has 0 nitrogen and oxygen atoms in total. The minimum absolute atomic E-state index is 0.454. The molecule has 3 aliphatic rings. The molecule has 2 bridgehead atoms. The van der Waals surface area contributed by atoms with Crippen LogP contribution in [0.5, 0.6) is 0 Å². The predicted octanol–water partition coefficient (Wildman–Crippen LogP) is 3.25. The van der Waals surface area contributed by atoms with Gasteiger partial charge in [-0.1, -0.05) is 26.3 Å². The van der Waals surface area contributed by atoms with Gasteiger partial charge in [0, 0.05) is 11.8 Å². The van der Waals surface area contributed by atoms with Crippen LogP contribution in [0.4, 0.5) is 0 Å². The molecule has 0 N–H and O–H groups in total. The van der Waals surface area contributed by atoms with Gasteiger partial charge in [-0.2, -0.15) is 0 Å². The van der Waals surface area contributed by atoms with Crippen LogP contribution in [0.1, 0.15) is 12.8 Å². The third-order valence-electron chi connectivity index (χ3n) is 3.25. The summed E-state index contributed by atoms with van der Waals surface area (Å²) in [6.45, 7) is 16.2. The first kappa shape index (κ1) is 7.60. The molecule has 0 aromatic carbocycles. The van der Waals surface area contributed by atoms with Gasteiger partial charge in [-0.15, -0.1) is 0 Å². The van der Waals surface area contributed by atoms with Crippen molar-refractivity contribution in [1.82, 2.24) is 0 Å².